The van der Waals surface area contributed by atoms with Crippen LogP contribution in [0, 0.1) is 13.8 Å². The van der Waals surface area contributed by atoms with E-state index in [9.17, 15) is 14.7 Å². The lowest BCUT2D eigenvalue weighted by Gasteiger charge is -2.31. The lowest BCUT2D eigenvalue weighted by Crippen LogP contribution is -2.42. The fourth-order valence-corrected chi connectivity index (χ4v) is 2.99. The highest BCUT2D eigenvalue weighted by atomic mass is 16.4. The second-order valence-corrected chi connectivity index (χ2v) is 5.50. The summed E-state index contributed by atoms with van der Waals surface area (Å²) in [5, 5.41) is 9.49. The van der Waals surface area contributed by atoms with Crippen molar-refractivity contribution >= 4 is 17.6 Å². The van der Waals surface area contributed by atoms with Gasteiger partial charge in [-0.15, -0.1) is 0 Å². The summed E-state index contributed by atoms with van der Waals surface area (Å²) in [4.78, 5) is 29.4. The third kappa shape index (κ3) is 3.15. The normalized spacial score (nSPS) is 19.1. The van der Waals surface area contributed by atoms with Crippen molar-refractivity contribution in [3.63, 3.8) is 0 Å². The summed E-state index contributed by atoms with van der Waals surface area (Å²) >= 11 is 0. The van der Waals surface area contributed by atoms with Gasteiger partial charge in [-0.3, -0.25) is 9.78 Å². The minimum absolute atomic E-state index is 0.328. The van der Waals surface area contributed by atoms with E-state index in [1.54, 1.807) is 17.9 Å². The average Bonchev–Trinajstić information content (AvgIpc) is 2.62. The van der Waals surface area contributed by atoms with Gasteiger partial charge < -0.3 is 15.7 Å². The van der Waals surface area contributed by atoms with E-state index in [0.717, 1.165) is 25.0 Å². The van der Waals surface area contributed by atoms with Crippen molar-refractivity contribution in [2.24, 2.45) is 5.73 Å². The number of aromatic nitrogens is 1. The van der Waals surface area contributed by atoms with E-state index < -0.39 is 17.9 Å². The molecule has 2 rings (SSSR count). The van der Waals surface area contributed by atoms with Gasteiger partial charge in [0.2, 0.25) is 0 Å². The predicted molar refractivity (Wildman–Crippen MR) is 79.5 cm³/mol. The number of carbonyl (C=O) groups excluding carboxylic acids is 1. The second kappa shape index (κ2) is 6.11. The van der Waals surface area contributed by atoms with E-state index in [1.165, 1.54) is 0 Å². The van der Waals surface area contributed by atoms with Gasteiger partial charge in [-0.25, -0.2) is 4.79 Å². The van der Waals surface area contributed by atoms with Crippen LogP contribution in [0.25, 0.3) is 0 Å². The van der Waals surface area contributed by atoms with E-state index in [0.29, 0.717) is 29.9 Å². The van der Waals surface area contributed by atoms with Crippen LogP contribution in [0.15, 0.2) is 6.07 Å². The molecule has 6 nitrogen and oxygen atoms in total. The molecule has 2 heterocycles. The molecule has 1 atom stereocenters. The first-order chi connectivity index (χ1) is 9.91. The first-order valence-corrected chi connectivity index (χ1v) is 7.19. The van der Waals surface area contributed by atoms with Gasteiger partial charge in [-0.2, -0.15) is 0 Å². The molecule has 1 aromatic heterocycles. The number of carboxylic acids is 1. The smallest absolute Gasteiger partial charge is 0.326 e. The number of nitrogens with two attached hydrogens (primary N) is 1. The molecule has 1 unspecified atom stereocenters. The Bertz CT molecular complexity index is 572. The Hall–Kier alpha value is -2.11. The molecule has 1 aliphatic rings. The summed E-state index contributed by atoms with van der Waals surface area (Å²) in [5.41, 5.74) is 7.70. The zero-order valence-corrected chi connectivity index (χ0v) is 12.4. The minimum atomic E-state index is -0.862. The number of hydrogen-bond acceptors (Lipinski definition) is 4. The highest BCUT2D eigenvalue weighted by molar-refractivity contribution is 6.00. The lowest BCUT2D eigenvalue weighted by molar-refractivity contribution is -0.138. The molecule has 1 saturated heterocycles. The largest absolute Gasteiger partial charge is 0.480 e. The molecule has 0 bridgehead atoms. The van der Waals surface area contributed by atoms with Crippen molar-refractivity contribution in [1.82, 2.24) is 4.98 Å². The quantitative estimate of drug-likeness (QED) is 0.882. The van der Waals surface area contributed by atoms with Crippen molar-refractivity contribution in [1.29, 1.82) is 0 Å². The molecule has 0 aliphatic carbocycles. The summed E-state index contributed by atoms with van der Waals surface area (Å²) in [6, 6.07) is 1.14. The van der Waals surface area contributed by atoms with Crippen LogP contribution in [-0.4, -0.2) is 34.6 Å². The van der Waals surface area contributed by atoms with E-state index >= 15 is 0 Å². The molecule has 1 amide bonds. The molecule has 1 aromatic rings. The molecule has 1 fully saturated rings. The van der Waals surface area contributed by atoms with Gasteiger partial charge in [-0.1, -0.05) is 12.8 Å². The number of anilines is 1. The van der Waals surface area contributed by atoms with Crippen molar-refractivity contribution in [3.05, 3.63) is 23.0 Å². The molecule has 1 aliphatic heterocycles. The van der Waals surface area contributed by atoms with Gasteiger partial charge >= 0.3 is 5.97 Å². The van der Waals surface area contributed by atoms with E-state index in [4.69, 9.17) is 5.73 Å². The monoisotopic (exact) mass is 291 g/mol. The molecule has 0 saturated carbocycles. The van der Waals surface area contributed by atoms with Crippen LogP contribution in [0.4, 0.5) is 5.69 Å². The minimum Gasteiger partial charge on any atom is -0.480 e. The van der Waals surface area contributed by atoms with Gasteiger partial charge in [0.25, 0.3) is 5.91 Å². The third-order valence-corrected chi connectivity index (χ3v) is 3.90. The molecule has 21 heavy (non-hydrogen) atoms. The average molecular weight is 291 g/mol. The molecular weight excluding hydrogens is 270 g/mol. The van der Waals surface area contributed by atoms with Crippen molar-refractivity contribution in [2.75, 3.05) is 11.4 Å². The predicted octanol–water partition coefficient (Wildman–Crippen LogP) is 1.63. The maximum atomic E-state index is 11.8. The summed E-state index contributed by atoms with van der Waals surface area (Å²) in [5.74, 6) is -1.43. The van der Waals surface area contributed by atoms with E-state index in [-0.39, 0.29) is 0 Å². The van der Waals surface area contributed by atoms with Gasteiger partial charge in [0.15, 0.2) is 0 Å². The SMILES string of the molecule is Cc1cc(N2CCCCCC2C(=O)O)c(C(N)=O)c(C)n1. The molecule has 6 heteroatoms. The third-order valence-electron chi connectivity index (χ3n) is 3.90. The van der Waals surface area contributed by atoms with E-state index in [1.807, 2.05) is 6.92 Å². The lowest BCUT2D eigenvalue weighted by atomic mass is 10.1. The Kier molecular flexibility index (Phi) is 4.45. The summed E-state index contributed by atoms with van der Waals surface area (Å²) in [7, 11) is 0. The standard InChI is InChI=1S/C15H21N3O3/c1-9-8-12(13(14(16)19)10(2)17-9)18-7-5-3-4-6-11(18)15(20)21/h8,11H,3-7H2,1-2H3,(H2,16,19)(H,20,21). The van der Waals surface area contributed by atoms with Gasteiger partial charge in [-0.05, 0) is 32.8 Å². The van der Waals surface area contributed by atoms with Crippen LogP contribution in [-0.2, 0) is 4.79 Å². The van der Waals surface area contributed by atoms with Crippen molar-refractivity contribution in [3.8, 4) is 0 Å². The zero-order valence-electron chi connectivity index (χ0n) is 12.4. The summed E-state index contributed by atoms with van der Waals surface area (Å²) in [6.07, 6.45) is 3.36. The van der Waals surface area contributed by atoms with Crippen LogP contribution in [0.1, 0.15) is 47.4 Å². The topological polar surface area (TPSA) is 96.5 Å². The number of primary amides is 1. The fourth-order valence-electron chi connectivity index (χ4n) is 2.99. The van der Waals surface area contributed by atoms with Crippen LogP contribution in [0.3, 0.4) is 0 Å². The number of hydrogen-bond donors (Lipinski definition) is 2. The Labute approximate surface area is 124 Å². The van der Waals surface area contributed by atoms with Crippen LogP contribution in [0.2, 0.25) is 0 Å². The maximum absolute atomic E-state index is 11.8. The Balaban J connectivity index is 2.56. The van der Waals surface area contributed by atoms with Gasteiger partial charge in [0.1, 0.15) is 6.04 Å². The number of aryl methyl sites for hydroxylation is 2. The second-order valence-electron chi connectivity index (χ2n) is 5.50. The van der Waals surface area contributed by atoms with Crippen molar-refractivity contribution < 1.29 is 14.7 Å². The molecule has 3 N–H and O–H groups in total. The van der Waals surface area contributed by atoms with Crippen LogP contribution >= 0.6 is 0 Å². The number of nitrogens with zero attached hydrogens (tertiary/aromatic N) is 2. The fraction of sp³-hybridized carbons (Fsp3) is 0.533. The summed E-state index contributed by atoms with van der Waals surface area (Å²) in [6.45, 7) is 4.17. The number of rotatable bonds is 3. The molecule has 0 spiro atoms. The Morgan fingerprint density at radius 2 is 2.05 bits per heavy atom. The Morgan fingerprint density at radius 3 is 2.67 bits per heavy atom. The van der Waals surface area contributed by atoms with Crippen LogP contribution in [0.5, 0.6) is 0 Å². The highest BCUT2D eigenvalue weighted by Gasteiger charge is 2.30. The van der Waals surface area contributed by atoms with E-state index in [2.05, 4.69) is 4.98 Å². The molecule has 0 radical (unpaired) electrons. The van der Waals surface area contributed by atoms with Crippen molar-refractivity contribution in [2.45, 2.75) is 45.6 Å². The van der Waals surface area contributed by atoms with Gasteiger partial charge in [0, 0.05) is 12.2 Å². The molecule has 114 valence electrons. The highest BCUT2D eigenvalue weighted by Crippen LogP contribution is 2.29. The van der Waals surface area contributed by atoms with Crippen LogP contribution < -0.4 is 10.6 Å². The number of carboxylic acid groups (broad SMARTS) is 1. The number of aliphatic carboxylic acids is 1. The number of amides is 1. The number of carbonyl (C=O) groups is 2. The zero-order chi connectivity index (χ0) is 15.6. The number of pyridine rings is 1. The molecular formula is C15H21N3O3. The maximum Gasteiger partial charge on any atom is 0.326 e. The summed E-state index contributed by atoms with van der Waals surface area (Å²) < 4.78 is 0. The molecule has 0 aromatic carbocycles. The first kappa shape index (κ1) is 15.3. The van der Waals surface area contributed by atoms with Gasteiger partial charge in [0.05, 0.1) is 16.9 Å². The first-order valence-electron chi connectivity index (χ1n) is 7.19. The Morgan fingerprint density at radius 1 is 1.33 bits per heavy atom.